The molecule has 0 saturated heterocycles. The number of hydrogen-bond donors (Lipinski definition) is 2. The van der Waals surface area contributed by atoms with E-state index >= 15 is 0 Å². The molecule has 2 aromatic carbocycles. The zero-order valence-corrected chi connectivity index (χ0v) is 18.8. The minimum atomic E-state index is -0.568. The first-order valence-electron chi connectivity index (χ1n) is 10.2. The first-order chi connectivity index (χ1) is 13.7. The van der Waals surface area contributed by atoms with Gasteiger partial charge in [-0.25, -0.2) is 0 Å². The van der Waals surface area contributed by atoms with Gasteiger partial charge in [-0.1, -0.05) is 47.3 Å². The van der Waals surface area contributed by atoms with E-state index in [2.05, 4.69) is 21.2 Å². The molecule has 29 heavy (non-hydrogen) atoms. The molecule has 5 nitrogen and oxygen atoms in total. The second-order valence-corrected chi connectivity index (χ2v) is 9.68. The third-order valence-electron chi connectivity index (χ3n) is 5.34. The summed E-state index contributed by atoms with van der Waals surface area (Å²) in [4.78, 5) is 25.9. The number of ether oxygens (including phenoxy) is 1. The lowest BCUT2D eigenvalue weighted by Gasteiger charge is -2.27. The third-order valence-corrected chi connectivity index (χ3v) is 5.84. The van der Waals surface area contributed by atoms with E-state index in [0.29, 0.717) is 24.2 Å². The number of nitrogens with two attached hydrogens (primary N) is 1. The van der Waals surface area contributed by atoms with Gasteiger partial charge in [-0.15, -0.1) is 0 Å². The summed E-state index contributed by atoms with van der Waals surface area (Å²) >= 11 is 3.46. The quantitative estimate of drug-likeness (QED) is 0.351. The molecule has 1 aliphatic carbocycles. The van der Waals surface area contributed by atoms with E-state index in [1.807, 2.05) is 51.1 Å². The fourth-order valence-corrected chi connectivity index (χ4v) is 4.32. The summed E-state index contributed by atoms with van der Waals surface area (Å²) in [5.41, 5.74) is 6.88. The van der Waals surface area contributed by atoms with E-state index in [0.717, 1.165) is 34.5 Å². The van der Waals surface area contributed by atoms with Crippen molar-refractivity contribution in [3.8, 4) is 0 Å². The van der Waals surface area contributed by atoms with Crippen molar-refractivity contribution < 1.29 is 14.3 Å². The van der Waals surface area contributed by atoms with Gasteiger partial charge in [0.15, 0.2) is 0 Å². The lowest BCUT2D eigenvalue weighted by Crippen LogP contribution is -2.37. The molecule has 1 amide bonds. The molecule has 3 rings (SSSR count). The predicted molar refractivity (Wildman–Crippen MR) is 121 cm³/mol. The zero-order valence-electron chi connectivity index (χ0n) is 17.3. The number of fused-ring (bicyclic) bond motifs is 1. The van der Waals surface area contributed by atoms with E-state index in [4.69, 9.17) is 10.5 Å². The first kappa shape index (κ1) is 21.6. The Morgan fingerprint density at radius 3 is 2.45 bits per heavy atom. The van der Waals surface area contributed by atoms with Crippen molar-refractivity contribution >= 4 is 50.0 Å². The van der Waals surface area contributed by atoms with Crippen molar-refractivity contribution in [3.05, 3.63) is 34.8 Å². The van der Waals surface area contributed by atoms with Crippen molar-refractivity contribution in [3.63, 3.8) is 0 Å². The Hall–Kier alpha value is -2.08. The van der Waals surface area contributed by atoms with Gasteiger partial charge in [0.05, 0.1) is 23.2 Å². The second-order valence-electron chi connectivity index (χ2n) is 8.77. The summed E-state index contributed by atoms with van der Waals surface area (Å²) in [6.07, 6.45) is 4.24. The number of hydrogen-bond acceptors (Lipinski definition) is 4. The Balaban J connectivity index is 1.83. The van der Waals surface area contributed by atoms with Crippen LogP contribution in [0.5, 0.6) is 0 Å². The number of nitrogens with one attached hydrogen (secondary N) is 1. The lowest BCUT2D eigenvalue weighted by molar-refractivity contribution is -0.163. The van der Waals surface area contributed by atoms with Gasteiger partial charge >= 0.3 is 5.97 Å². The molecule has 156 valence electrons. The maximum Gasteiger partial charge on any atom is 0.310 e. The second kappa shape index (κ2) is 8.74. The molecule has 6 heteroatoms. The number of halogens is 1. The van der Waals surface area contributed by atoms with Gasteiger partial charge in [0.2, 0.25) is 5.91 Å². The summed E-state index contributed by atoms with van der Waals surface area (Å²) in [7, 11) is 0. The van der Waals surface area contributed by atoms with Gasteiger partial charge in [0, 0.05) is 9.86 Å². The largest absolute Gasteiger partial charge is 0.460 e. The SMILES string of the molecule is CC(C)(C)OC(=O)C1CCCCCC1C(=O)Nc1ccc2cc(Br)ccc2c1N. The van der Waals surface area contributed by atoms with Crippen LogP contribution in [0, 0.1) is 11.8 Å². The van der Waals surface area contributed by atoms with Gasteiger partial charge in [0.1, 0.15) is 5.60 Å². The molecule has 0 spiro atoms. The maximum atomic E-state index is 13.2. The molecule has 0 heterocycles. The molecule has 1 aliphatic rings. The average molecular weight is 461 g/mol. The number of esters is 1. The Kier molecular flexibility index (Phi) is 6.52. The fourth-order valence-electron chi connectivity index (χ4n) is 3.94. The van der Waals surface area contributed by atoms with Crippen molar-refractivity contribution in [1.82, 2.24) is 0 Å². The number of amides is 1. The highest BCUT2D eigenvalue weighted by molar-refractivity contribution is 9.10. The van der Waals surface area contributed by atoms with Gasteiger partial charge in [-0.2, -0.15) is 0 Å². The zero-order chi connectivity index (χ0) is 21.2. The lowest BCUT2D eigenvalue weighted by atomic mass is 9.86. The Morgan fingerprint density at radius 1 is 1.07 bits per heavy atom. The molecule has 3 N–H and O–H groups in total. The molecule has 1 saturated carbocycles. The highest BCUT2D eigenvalue weighted by Crippen LogP contribution is 2.34. The number of carbonyl (C=O) groups excluding carboxylic acids is 2. The summed E-state index contributed by atoms with van der Waals surface area (Å²) in [5, 5.41) is 4.86. The van der Waals surface area contributed by atoms with E-state index in [1.54, 1.807) is 0 Å². The predicted octanol–water partition coefficient (Wildman–Crippen LogP) is 5.66. The summed E-state index contributed by atoms with van der Waals surface area (Å²) < 4.78 is 6.58. The van der Waals surface area contributed by atoms with Crippen LogP contribution in [0.2, 0.25) is 0 Å². The third kappa shape index (κ3) is 5.30. The molecule has 2 aromatic rings. The summed E-state index contributed by atoms with van der Waals surface area (Å²) in [6.45, 7) is 5.56. The van der Waals surface area contributed by atoms with Gasteiger partial charge in [-0.3, -0.25) is 9.59 Å². The molecule has 2 atom stereocenters. The molecule has 2 unspecified atom stereocenters. The number of rotatable bonds is 3. The van der Waals surface area contributed by atoms with Crippen LogP contribution in [0.4, 0.5) is 11.4 Å². The van der Waals surface area contributed by atoms with Crippen LogP contribution >= 0.6 is 15.9 Å². The Morgan fingerprint density at radius 2 is 1.76 bits per heavy atom. The number of anilines is 2. The minimum Gasteiger partial charge on any atom is -0.460 e. The highest BCUT2D eigenvalue weighted by Gasteiger charge is 2.37. The van der Waals surface area contributed by atoms with Crippen LogP contribution in [-0.2, 0) is 14.3 Å². The summed E-state index contributed by atoms with van der Waals surface area (Å²) in [5.74, 6) is -1.27. The topological polar surface area (TPSA) is 81.4 Å². The Labute approximate surface area is 180 Å². The monoisotopic (exact) mass is 460 g/mol. The summed E-state index contributed by atoms with van der Waals surface area (Å²) in [6, 6.07) is 9.60. The van der Waals surface area contributed by atoms with Crippen LogP contribution in [0.25, 0.3) is 10.8 Å². The number of carbonyl (C=O) groups is 2. The van der Waals surface area contributed by atoms with Crippen LogP contribution in [0.1, 0.15) is 52.9 Å². The molecule has 0 aliphatic heterocycles. The van der Waals surface area contributed by atoms with E-state index in [9.17, 15) is 9.59 Å². The normalized spacial score (nSPS) is 20.1. The molecular formula is C23H29BrN2O3. The molecule has 0 aromatic heterocycles. The first-order valence-corrected chi connectivity index (χ1v) is 11.0. The van der Waals surface area contributed by atoms with E-state index in [-0.39, 0.29) is 11.9 Å². The van der Waals surface area contributed by atoms with Crippen molar-refractivity contribution in [2.75, 3.05) is 11.1 Å². The highest BCUT2D eigenvalue weighted by atomic mass is 79.9. The van der Waals surface area contributed by atoms with Gasteiger partial charge in [-0.05, 0) is 57.2 Å². The molecular weight excluding hydrogens is 432 g/mol. The smallest absolute Gasteiger partial charge is 0.310 e. The molecule has 0 radical (unpaired) electrons. The molecule has 0 bridgehead atoms. The van der Waals surface area contributed by atoms with Gasteiger partial charge in [0.25, 0.3) is 0 Å². The minimum absolute atomic E-state index is 0.161. The van der Waals surface area contributed by atoms with Crippen LogP contribution in [-0.4, -0.2) is 17.5 Å². The van der Waals surface area contributed by atoms with Gasteiger partial charge < -0.3 is 15.8 Å². The Bertz CT molecular complexity index is 920. The van der Waals surface area contributed by atoms with Crippen LogP contribution in [0.3, 0.4) is 0 Å². The fraction of sp³-hybridized carbons (Fsp3) is 0.478. The van der Waals surface area contributed by atoms with E-state index < -0.39 is 17.4 Å². The van der Waals surface area contributed by atoms with Crippen molar-refractivity contribution in [1.29, 1.82) is 0 Å². The standard InChI is InChI=1S/C23H29BrN2O3/c1-23(2,3)29-22(28)18-8-6-4-5-7-17(18)21(27)26-19-12-9-14-13-15(24)10-11-16(14)20(19)25/h9-13,17-18H,4-8,25H2,1-3H3,(H,26,27). The van der Waals surface area contributed by atoms with Crippen molar-refractivity contribution in [2.45, 2.75) is 58.5 Å². The maximum absolute atomic E-state index is 13.2. The van der Waals surface area contributed by atoms with E-state index in [1.165, 1.54) is 0 Å². The van der Waals surface area contributed by atoms with Crippen molar-refractivity contribution in [2.24, 2.45) is 11.8 Å². The molecule has 1 fully saturated rings. The average Bonchev–Trinajstić information content (AvgIpc) is 2.88. The number of benzene rings is 2. The number of nitrogen functional groups attached to an aromatic ring is 1. The van der Waals surface area contributed by atoms with Crippen LogP contribution in [0.15, 0.2) is 34.8 Å². The van der Waals surface area contributed by atoms with Crippen LogP contribution < -0.4 is 11.1 Å².